The number of hydrogen-bond acceptors (Lipinski definition) is 4. The highest BCUT2D eigenvalue weighted by molar-refractivity contribution is 6.02. The number of esters is 1. The van der Waals surface area contributed by atoms with E-state index >= 15 is 0 Å². The van der Waals surface area contributed by atoms with Crippen molar-refractivity contribution in [2.45, 2.75) is 26.9 Å². The molecular formula is C13H18O5. The summed E-state index contributed by atoms with van der Waals surface area (Å²) >= 11 is 0. The van der Waals surface area contributed by atoms with Gasteiger partial charge in [-0.2, -0.15) is 0 Å². The minimum absolute atomic E-state index is 0.0362. The molecule has 18 heavy (non-hydrogen) atoms. The van der Waals surface area contributed by atoms with E-state index in [-0.39, 0.29) is 23.8 Å². The third-order valence-corrected chi connectivity index (χ3v) is 1.65. The quantitative estimate of drug-likeness (QED) is 0.805. The molecule has 1 aromatic carbocycles. The van der Waals surface area contributed by atoms with Crippen LogP contribution in [0.25, 0.3) is 0 Å². The number of aliphatic hydroxyl groups is 1. The summed E-state index contributed by atoms with van der Waals surface area (Å²) in [7, 11) is 0. The molecule has 5 nitrogen and oxygen atoms in total. The molecule has 0 heterocycles. The van der Waals surface area contributed by atoms with Gasteiger partial charge in [0.05, 0.1) is 17.7 Å². The second kappa shape index (κ2) is 8.25. The van der Waals surface area contributed by atoms with Crippen molar-refractivity contribution in [3.63, 3.8) is 0 Å². The fourth-order valence-electron chi connectivity index (χ4n) is 1.06. The standard InChI is InChI=1S/C10H10O4.C3H8O/c1-2-14-10(13)8-6-4-3-5-7(8)9(11)12;1-3(2)4/h3-6H,2H2,1H3,(H,11,12);3-4H,1-2H3. The zero-order valence-electron chi connectivity index (χ0n) is 10.7. The molecule has 0 aliphatic rings. The smallest absolute Gasteiger partial charge is 0.338 e. The van der Waals surface area contributed by atoms with Crippen LogP contribution in [0, 0.1) is 0 Å². The van der Waals surface area contributed by atoms with Crippen molar-refractivity contribution in [2.75, 3.05) is 6.61 Å². The van der Waals surface area contributed by atoms with Gasteiger partial charge in [-0.05, 0) is 32.9 Å². The van der Waals surface area contributed by atoms with Gasteiger partial charge in [0, 0.05) is 6.10 Å². The monoisotopic (exact) mass is 254 g/mol. The zero-order chi connectivity index (χ0) is 14.1. The fraction of sp³-hybridized carbons (Fsp3) is 0.385. The van der Waals surface area contributed by atoms with Gasteiger partial charge in [0.2, 0.25) is 0 Å². The van der Waals surface area contributed by atoms with Gasteiger partial charge in [-0.15, -0.1) is 0 Å². The minimum atomic E-state index is -1.13. The molecular weight excluding hydrogens is 236 g/mol. The second-order valence-electron chi connectivity index (χ2n) is 3.66. The van der Waals surface area contributed by atoms with E-state index in [0.29, 0.717) is 0 Å². The van der Waals surface area contributed by atoms with Crippen LogP contribution in [-0.4, -0.2) is 34.9 Å². The Morgan fingerprint density at radius 3 is 2.06 bits per heavy atom. The summed E-state index contributed by atoms with van der Waals surface area (Å²) in [6.45, 7) is 5.34. The summed E-state index contributed by atoms with van der Waals surface area (Å²) in [5.74, 6) is -1.74. The molecule has 0 aliphatic carbocycles. The highest BCUT2D eigenvalue weighted by Crippen LogP contribution is 2.09. The predicted octanol–water partition coefficient (Wildman–Crippen LogP) is 1.95. The van der Waals surface area contributed by atoms with E-state index in [2.05, 4.69) is 0 Å². The van der Waals surface area contributed by atoms with Crippen LogP contribution in [0.2, 0.25) is 0 Å². The maximum atomic E-state index is 11.3. The lowest BCUT2D eigenvalue weighted by molar-refractivity contribution is 0.0514. The normalized spacial score (nSPS) is 9.39. The lowest BCUT2D eigenvalue weighted by Crippen LogP contribution is -2.11. The molecule has 1 rings (SSSR count). The number of ether oxygens (including phenoxy) is 1. The van der Waals surface area contributed by atoms with E-state index in [1.165, 1.54) is 12.1 Å². The number of rotatable bonds is 3. The van der Waals surface area contributed by atoms with E-state index in [0.717, 1.165) is 0 Å². The molecule has 0 saturated carbocycles. The third kappa shape index (κ3) is 6.00. The fourth-order valence-corrected chi connectivity index (χ4v) is 1.06. The Labute approximate surface area is 106 Å². The summed E-state index contributed by atoms with van der Waals surface area (Å²) in [4.78, 5) is 22.0. The molecule has 0 unspecified atom stereocenters. The van der Waals surface area contributed by atoms with E-state index in [1.807, 2.05) is 0 Å². The highest BCUT2D eigenvalue weighted by atomic mass is 16.5. The average molecular weight is 254 g/mol. The van der Waals surface area contributed by atoms with Crippen molar-refractivity contribution in [2.24, 2.45) is 0 Å². The maximum Gasteiger partial charge on any atom is 0.338 e. The number of hydrogen-bond donors (Lipinski definition) is 2. The molecule has 5 heteroatoms. The van der Waals surface area contributed by atoms with Crippen LogP contribution in [0.1, 0.15) is 41.5 Å². The summed E-state index contributed by atoms with van der Waals surface area (Å²) in [6.07, 6.45) is -0.167. The Bertz CT molecular complexity index is 395. The SMILES string of the molecule is CC(C)O.CCOC(=O)c1ccccc1C(=O)O. The Morgan fingerprint density at radius 2 is 1.67 bits per heavy atom. The topological polar surface area (TPSA) is 83.8 Å². The van der Waals surface area contributed by atoms with Crippen LogP contribution in [0.5, 0.6) is 0 Å². The van der Waals surface area contributed by atoms with Gasteiger partial charge in [0.15, 0.2) is 0 Å². The first kappa shape index (κ1) is 16.1. The van der Waals surface area contributed by atoms with E-state index in [9.17, 15) is 9.59 Å². The Kier molecular flexibility index (Phi) is 7.38. The van der Waals surface area contributed by atoms with Crippen molar-refractivity contribution in [1.82, 2.24) is 0 Å². The predicted molar refractivity (Wildman–Crippen MR) is 66.7 cm³/mol. The molecule has 0 spiro atoms. The van der Waals surface area contributed by atoms with Crippen LogP contribution in [0.3, 0.4) is 0 Å². The number of benzene rings is 1. The largest absolute Gasteiger partial charge is 0.478 e. The van der Waals surface area contributed by atoms with Crippen molar-refractivity contribution in [1.29, 1.82) is 0 Å². The summed E-state index contributed by atoms with van der Waals surface area (Å²) < 4.78 is 4.72. The van der Waals surface area contributed by atoms with Crippen molar-refractivity contribution < 1.29 is 24.5 Å². The highest BCUT2D eigenvalue weighted by Gasteiger charge is 2.15. The van der Waals surface area contributed by atoms with Crippen molar-refractivity contribution in [3.05, 3.63) is 35.4 Å². The Balaban J connectivity index is 0.000000631. The molecule has 2 N–H and O–H groups in total. The van der Waals surface area contributed by atoms with Crippen molar-refractivity contribution >= 4 is 11.9 Å². The van der Waals surface area contributed by atoms with Crippen molar-refractivity contribution in [3.8, 4) is 0 Å². The first-order valence-electron chi connectivity index (χ1n) is 5.57. The van der Waals surface area contributed by atoms with Crippen LogP contribution in [0.15, 0.2) is 24.3 Å². The minimum Gasteiger partial charge on any atom is -0.478 e. The molecule has 0 aromatic heterocycles. The van der Waals surface area contributed by atoms with Gasteiger partial charge < -0.3 is 14.9 Å². The van der Waals surface area contributed by atoms with E-state index in [1.54, 1.807) is 32.9 Å². The molecule has 0 aliphatic heterocycles. The second-order valence-corrected chi connectivity index (χ2v) is 3.66. The van der Waals surface area contributed by atoms with E-state index < -0.39 is 11.9 Å². The number of carbonyl (C=O) groups is 2. The molecule has 1 aromatic rings. The summed E-state index contributed by atoms with van der Waals surface area (Å²) in [5, 5.41) is 16.8. The van der Waals surface area contributed by atoms with Crippen LogP contribution >= 0.6 is 0 Å². The number of aromatic carboxylic acids is 1. The lowest BCUT2D eigenvalue weighted by Gasteiger charge is -2.04. The van der Waals surface area contributed by atoms with Crippen LogP contribution in [0.4, 0.5) is 0 Å². The summed E-state index contributed by atoms with van der Waals surface area (Å²) in [5.41, 5.74) is 0.0489. The maximum absolute atomic E-state index is 11.3. The first-order chi connectivity index (χ1) is 8.40. The van der Waals surface area contributed by atoms with E-state index in [4.69, 9.17) is 14.9 Å². The van der Waals surface area contributed by atoms with Gasteiger partial charge in [0.1, 0.15) is 0 Å². The third-order valence-electron chi connectivity index (χ3n) is 1.65. The van der Waals surface area contributed by atoms with Gasteiger partial charge in [-0.1, -0.05) is 12.1 Å². The Morgan fingerprint density at radius 1 is 1.22 bits per heavy atom. The Hall–Kier alpha value is -1.88. The molecule has 0 bridgehead atoms. The molecule has 0 fully saturated rings. The van der Waals surface area contributed by atoms with Gasteiger partial charge in [0.25, 0.3) is 0 Å². The van der Waals surface area contributed by atoms with Crippen LogP contribution in [-0.2, 0) is 4.74 Å². The molecule has 0 amide bonds. The van der Waals surface area contributed by atoms with Gasteiger partial charge in [-0.3, -0.25) is 0 Å². The first-order valence-corrected chi connectivity index (χ1v) is 5.57. The zero-order valence-corrected chi connectivity index (χ0v) is 10.7. The summed E-state index contributed by atoms with van der Waals surface area (Å²) in [6, 6.07) is 5.96. The molecule has 100 valence electrons. The van der Waals surface area contributed by atoms with Crippen LogP contribution < -0.4 is 0 Å². The van der Waals surface area contributed by atoms with Gasteiger partial charge >= 0.3 is 11.9 Å². The number of aliphatic hydroxyl groups excluding tert-OH is 1. The molecule has 0 radical (unpaired) electrons. The lowest BCUT2D eigenvalue weighted by atomic mass is 10.1. The van der Waals surface area contributed by atoms with Gasteiger partial charge in [-0.25, -0.2) is 9.59 Å². The number of carbonyl (C=O) groups excluding carboxylic acids is 1. The molecule has 0 saturated heterocycles. The number of carboxylic acids is 1. The average Bonchev–Trinajstić information content (AvgIpc) is 2.28. The number of carboxylic acid groups (broad SMARTS) is 1. The molecule has 0 atom stereocenters.